The van der Waals surface area contributed by atoms with Crippen LogP contribution < -0.4 is 20.9 Å². The molecule has 0 bridgehead atoms. The summed E-state index contributed by atoms with van der Waals surface area (Å²) in [7, 11) is 3.12. The van der Waals surface area contributed by atoms with Gasteiger partial charge in [-0.25, -0.2) is 4.79 Å². The molecule has 0 radical (unpaired) electrons. The largest absolute Gasteiger partial charge is 0.497 e. The predicted molar refractivity (Wildman–Crippen MR) is 104 cm³/mol. The van der Waals surface area contributed by atoms with Gasteiger partial charge in [-0.1, -0.05) is 0 Å². The first-order chi connectivity index (χ1) is 13.5. The molecule has 0 amide bonds. The summed E-state index contributed by atoms with van der Waals surface area (Å²) in [4.78, 5) is 46.3. The van der Waals surface area contributed by atoms with E-state index in [2.05, 4.69) is 9.97 Å². The van der Waals surface area contributed by atoms with Gasteiger partial charge < -0.3 is 9.64 Å². The maximum Gasteiger partial charge on any atom is 0.329 e. The summed E-state index contributed by atoms with van der Waals surface area (Å²) in [5, 5.41) is 0. The minimum absolute atomic E-state index is 0.0457. The van der Waals surface area contributed by atoms with Gasteiger partial charge in [-0.05, 0) is 37.1 Å². The van der Waals surface area contributed by atoms with Crippen LogP contribution in [0, 0.1) is 0 Å². The Morgan fingerprint density at radius 2 is 1.86 bits per heavy atom. The van der Waals surface area contributed by atoms with Crippen molar-refractivity contribution in [2.45, 2.75) is 19.4 Å². The van der Waals surface area contributed by atoms with Crippen molar-refractivity contribution in [2.75, 3.05) is 25.1 Å². The summed E-state index contributed by atoms with van der Waals surface area (Å²) >= 11 is 0. The minimum atomic E-state index is -0.543. The van der Waals surface area contributed by atoms with E-state index in [0.717, 1.165) is 25.9 Å². The number of rotatable bonds is 5. The molecular weight excluding hydrogens is 362 g/mol. The van der Waals surface area contributed by atoms with Crippen molar-refractivity contribution < 1.29 is 9.53 Å². The molecule has 1 aromatic carbocycles. The highest BCUT2D eigenvalue weighted by atomic mass is 16.5. The molecule has 0 spiro atoms. The molecule has 1 fully saturated rings. The van der Waals surface area contributed by atoms with Gasteiger partial charge in [0.1, 0.15) is 5.75 Å². The molecule has 1 aliphatic heterocycles. The molecule has 9 heteroatoms. The summed E-state index contributed by atoms with van der Waals surface area (Å²) < 4.78 is 8.04. The van der Waals surface area contributed by atoms with Gasteiger partial charge in [0.2, 0.25) is 5.95 Å². The van der Waals surface area contributed by atoms with Crippen LogP contribution in [0.5, 0.6) is 5.75 Å². The van der Waals surface area contributed by atoms with E-state index in [1.165, 1.54) is 4.57 Å². The van der Waals surface area contributed by atoms with Crippen LogP contribution in [0.2, 0.25) is 0 Å². The Bertz CT molecular complexity index is 1150. The number of benzene rings is 1. The van der Waals surface area contributed by atoms with Crippen LogP contribution in [-0.2, 0) is 13.6 Å². The van der Waals surface area contributed by atoms with Crippen molar-refractivity contribution in [3.63, 3.8) is 0 Å². The first-order valence-corrected chi connectivity index (χ1v) is 9.11. The standard InChI is InChI=1S/C19H21N5O4/c1-22-16-15(17(26)21-19(22)27)24(18(20-16)23-9-3-4-10-23)11-14(25)12-5-7-13(28-2)8-6-12/h5-8H,3-4,9-11H2,1-2H3,(H,21,26,27). The van der Waals surface area contributed by atoms with Crippen molar-refractivity contribution in [3.05, 3.63) is 50.7 Å². The van der Waals surface area contributed by atoms with Crippen LogP contribution in [0.15, 0.2) is 33.9 Å². The zero-order chi connectivity index (χ0) is 19.8. The first-order valence-electron chi connectivity index (χ1n) is 9.11. The van der Waals surface area contributed by atoms with Crippen LogP contribution in [0.4, 0.5) is 5.95 Å². The van der Waals surface area contributed by atoms with Gasteiger partial charge in [-0.2, -0.15) is 4.98 Å². The molecule has 3 aromatic rings. The maximum atomic E-state index is 12.9. The number of imidazole rings is 1. The van der Waals surface area contributed by atoms with Gasteiger partial charge in [0.25, 0.3) is 5.56 Å². The summed E-state index contributed by atoms with van der Waals surface area (Å²) in [6.45, 7) is 1.55. The Morgan fingerprint density at radius 3 is 2.50 bits per heavy atom. The summed E-state index contributed by atoms with van der Waals surface area (Å²) in [5.74, 6) is 1.05. The highest BCUT2D eigenvalue weighted by Crippen LogP contribution is 2.24. The van der Waals surface area contributed by atoms with E-state index in [-0.39, 0.29) is 23.5 Å². The molecule has 28 heavy (non-hydrogen) atoms. The smallest absolute Gasteiger partial charge is 0.329 e. The minimum Gasteiger partial charge on any atom is -0.497 e. The summed E-state index contributed by atoms with van der Waals surface area (Å²) in [5.41, 5.74) is -0.0597. The molecule has 9 nitrogen and oxygen atoms in total. The van der Waals surface area contributed by atoms with Crippen LogP contribution in [-0.4, -0.2) is 45.1 Å². The Labute approximate surface area is 160 Å². The van der Waals surface area contributed by atoms with Crippen LogP contribution in [0.25, 0.3) is 11.2 Å². The van der Waals surface area contributed by atoms with Gasteiger partial charge >= 0.3 is 5.69 Å². The lowest BCUT2D eigenvalue weighted by Crippen LogP contribution is -2.30. The lowest BCUT2D eigenvalue weighted by Gasteiger charge is -2.18. The molecule has 0 unspecified atom stereocenters. The molecule has 1 saturated heterocycles. The number of hydrogen-bond acceptors (Lipinski definition) is 6. The van der Waals surface area contributed by atoms with E-state index in [1.54, 1.807) is 43.0 Å². The van der Waals surface area contributed by atoms with E-state index in [9.17, 15) is 14.4 Å². The number of Topliss-reactive ketones (excluding diaryl/α,β-unsaturated/α-hetero) is 1. The normalized spacial score (nSPS) is 14.0. The van der Waals surface area contributed by atoms with Crippen LogP contribution >= 0.6 is 0 Å². The molecule has 2 aromatic heterocycles. The number of carbonyl (C=O) groups excluding carboxylic acids is 1. The number of anilines is 1. The van der Waals surface area contributed by atoms with Gasteiger partial charge in [-0.15, -0.1) is 0 Å². The average molecular weight is 383 g/mol. The zero-order valence-electron chi connectivity index (χ0n) is 15.8. The number of ether oxygens (including phenoxy) is 1. The number of aromatic amines is 1. The third-order valence-electron chi connectivity index (χ3n) is 5.09. The molecule has 0 saturated carbocycles. The predicted octanol–water partition coefficient (Wildman–Crippen LogP) is 0.915. The van der Waals surface area contributed by atoms with Crippen molar-refractivity contribution in [1.29, 1.82) is 0 Å². The average Bonchev–Trinajstić information content (AvgIpc) is 3.34. The van der Waals surface area contributed by atoms with E-state index >= 15 is 0 Å². The Hall–Kier alpha value is -3.36. The number of ketones is 1. The van der Waals surface area contributed by atoms with Gasteiger partial charge in [0.15, 0.2) is 16.9 Å². The number of nitrogens with one attached hydrogen (secondary N) is 1. The number of methoxy groups -OCH3 is 1. The highest BCUT2D eigenvalue weighted by molar-refractivity contribution is 5.97. The zero-order valence-corrected chi connectivity index (χ0v) is 15.8. The molecule has 3 heterocycles. The third kappa shape index (κ3) is 2.98. The van der Waals surface area contributed by atoms with Crippen molar-refractivity contribution in [1.82, 2.24) is 19.1 Å². The molecule has 146 valence electrons. The fraction of sp³-hybridized carbons (Fsp3) is 0.368. The lowest BCUT2D eigenvalue weighted by atomic mass is 10.1. The number of hydrogen-bond donors (Lipinski definition) is 1. The topological polar surface area (TPSA) is 102 Å². The molecular formula is C19H21N5O4. The van der Waals surface area contributed by atoms with Gasteiger partial charge in [0.05, 0.1) is 13.7 Å². The molecule has 4 rings (SSSR count). The quantitative estimate of drug-likeness (QED) is 0.657. The molecule has 0 aliphatic carbocycles. The maximum absolute atomic E-state index is 12.9. The van der Waals surface area contributed by atoms with Crippen molar-refractivity contribution in [2.24, 2.45) is 7.05 Å². The van der Waals surface area contributed by atoms with E-state index in [0.29, 0.717) is 17.3 Å². The highest BCUT2D eigenvalue weighted by Gasteiger charge is 2.25. The molecule has 0 atom stereocenters. The second-order valence-corrected chi connectivity index (χ2v) is 6.83. The first kappa shape index (κ1) is 18.0. The second kappa shape index (κ2) is 6.99. The number of aromatic nitrogens is 4. The Balaban J connectivity index is 1.82. The van der Waals surface area contributed by atoms with Crippen molar-refractivity contribution >= 4 is 22.9 Å². The SMILES string of the molecule is COc1ccc(C(=O)Cn2c(N3CCCC3)nc3c2c(=O)[nH]c(=O)n3C)cc1. The number of nitrogens with zero attached hydrogens (tertiary/aromatic N) is 4. The van der Waals surface area contributed by atoms with Crippen molar-refractivity contribution in [3.8, 4) is 5.75 Å². The van der Waals surface area contributed by atoms with E-state index < -0.39 is 11.2 Å². The van der Waals surface area contributed by atoms with E-state index in [1.807, 2.05) is 4.90 Å². The van der Waals surface area contributed by atoms with Gasteiger partial charge in [-0.3, -0.25) is 23.7 Å². The van der Waals surface area contributed by atoms with E-state index in [4.69, 9.17) is 4.74 Å². The second-order valence-electron chi connectivity index (χ2n) is 6.83. The summed E-state index contributed by atoms with van der Waals surface area (Å²) in [6, 6.07) is 6.82. The molecule has 1 aliphatic rings. The number of fused-ring (bicyclic) bond motifs is 1. The summed E-state index contributed by atoms with van der Waals surface area (Å²) in [6.07, 6.45) is 2.04. The molecule has 1 N–H and O–H groups in total. The lowest BCUT2D eigenvalue weighted by molar-refractivity contribution is 0.0973. The van der Waals surface area contributed by atoms with Crippen LogP contribution in [0.3, 0.4) is 0 Å². The fourth-order valence-corrected chi connectivity index (χ4v) is 3.54. The number of carbonyl (C=O) groups is 1. The third-order valence-corrected chi connectivity index (χ3v) is 5.09. The number of H-pyrrole nitrogens is 1. The van der Waals surface area contributed by atoms with Crippen LogP contribution in [0.1, 0.15) is 23.2 Å². The van der Waals surface area contributed by atoms with Gasteiger partial charge in [0, 0.05) is 25.7 Å². The number of aryl methyl sites for hydroxylation is 1. The fourth-order valence-electron chi connectivity index (χ4n) is 3.54. The Morgan fingerprint density at radius 1 is 1.18 bits per heavy atom. The Kier molecular flexibility index (Phi) is 4.50. The monoisotopic (exact) mass is 383 g/mol.